The van der Waals surface area contributed by atoms with Crippen LogP contribution in [0.15, 0.2) is 40.9 Å². The number of ether oxygens (including phenoxy) is 2. The second-order valence-electron chi connectivity index (χ2n) is 8.56. The standard InChI is InChI=1S/C24H26N2O4/c1-14-7-8-19-18(11-14)25-21(29-19)13-17-16-9-10-26(23(27)30-24(3,4)5)22(16)15(2)12-20(17)28-6/h7-12H,13H2,1-6H3. The minimum absolute atomic E-state index is 0.408. The van der Waals surface area contributed by atoms with Crippen molar-refractivity contribution in [2.24, 2.45) is 0 Å². The quantitative estimate of drug-likeness (QED) is 0.431. The van der Waals surface area contributed by atoms with E-state index in [1.165, 1.54) is 0 Å². The number of carbonyl (C=O) groups is 1. The van der Waals surface area contributed by atoms with Crippen molar-refractivity contribution in [2.75, 3.05) is 7.11 Å². The highest BCUT2D eigenvalue weighted by molar-refractivity contribution is 5.95. The fourth-order valence-electron chi connectivity index (χ4n) is 3.70. The summed E-state index contributed by atoms with van der Waals surface area (Å²) in [6.07, 6.45) is 1.78. The Bertz CT molecular complexity index is 1260. The number of hydrogen-bond acceptors (Lipinski definition) is 5. The largest absolute Gasteiger partial charge is 0.496 e. The number of hydrogen-bond donors (Lipinski definition) is 0. The molecule has 0 spiro atoms. The Morgan fingerprint density at radius 2 is 1.93 bits per heavy atom. The Hall–Kier alpha value is -3.28. The summed E-state index contributed by atoms with van der Waals surface area (Å²) in [5.74, 6) is 1.34. The third-order valence-corrected chi connectivity index (χ3v) is 4.96. The molecule has 6 heteroatoms. The van der Waals surface area contributed by atoms with Gasteiger partial charge in [-0.2, -0.15) is 0 Å². The summed E-state index contributed by atoms with van der Waals surface area (Å²) in [4.78, 5) is 17.4. The van der Waals surface area contributed by atoms with Crippen molar-refractivity contribution in [3.05, 3.63) is 59.1 Å². The molecule has 0 aliphatic heterocycles. The molecule has 0 bridgehead atoms. The number of methoxy groups -OCH3 is 1. The van der Waals surface area contributed by atoms with Gasteiger partial charge in [0.1, 0.15) is 16.9 Å². The smallest absolute Gasteiger partial charge is 0.419 e. The molecule has 30 heavy (non-hydrogen) atoms. The minimum atomic E-state index is -0.576. The first kappa shape index (κ1) is 20.0. The molecular weight excluding hydrogens is 380 g/mol. The van der Waals surface area contributed by atoms with Gasteiger partial charge >= 0.3 is 6.09 Å². The zero-order valence-electron chi connectivity index (χ0n) is 18.2. The third kappa shape index (κ3) is 3.65. The zero-order chi connectivity index (χ0) is 21.6. The van der Waals surface area contributed by atoms with E-state index in [0.29, 0.717) is 12.3 Å². The van der Waals surface area contributed by atoms with Gasteiger partial charge < -0.3 is 13.9 Å². The van der Waals surface area contributed by atoms with Gasteiger partial charge in [0.15, 0.2) is 11.5 Å². The summed E-state index contributed by atoms with van der Waals surface area (Å²) < 4.78 is 18.7. The molecule has 0 aliphatic carbocycles. The molecule has 0 unspecified atom stereocenters. The highest BCUT2D eigenvalue weighted by Gasteiger charge is 2.23. The fraction of sp³-hybridized carbons (Fsp3) is 0.333. The van der Waals surface area contributed by atoms with Crippen LogP contribution in [0.25, 0.3) is 22.0 Å². The summed E-state index contributed by atoms with van der Waals surface area (Å²) in [6, 6.07) is 9.79. The molecule has 156 valence electrons. The van der Waals surface area contributed by atoms with Crippen LogP contribution in [0.5, 0.6) is 5.75 Å². The van der Waals surface area contributed by atoms with E-state index in [1.54, 1.807) is 17.9 Å². The van der Waals surface area contributed by atoms with E-state index in [2.05, 4.69) is 4.98 Å². The first-order valence-electron chi connectivity index (χ1n) is 9.93. The van der Waals surface area contributed by atoms with E-state index in [-0.39, 0.29) is 0 Å². The van der Waals surface area contributed by atoms with Crippen molar-refractivity contribution < 1.29 is 18.7 Å². The number of carbonyl (C=O) groups excluding carboxylic acids is 1. The van der Waals surface area contributed by atoms with Gasteiger partial charge in [-0.3, -0.25) is 4.57 Å². The number of aromatic nitrogens is 2. The van der Waals surface area contributed by atoms with Crippen molar-refractivity contribution in [1.29, 1.82) is 0 Å². The Balaban J connectivity index is 1.82. The summed E-state index contributed by atoms with van der Waals surface area (Å²) in [6.45, 7) is 9.55. The predicted octanol–water partition coefficient (Wildman–Crippen LogP) is 5.78. The molecule has 2 aromatic heterocycles. The molecule has 0 N–H and O–H groups in total. The van der Waals surface area contributed by atoms with Gasteiger partial charge in [-0.25, -0.2) is 9.78 Å². The van der Waals surface area contributed by atoms with Crippen molar-refractivity contribution >= 4 is 28.1 Å². The maximum absolute atomic E-state index is 12.7. The van der Waals surface area contributed by atoms with Crippen LogP contribution in [0.1, 0.15) is 43.4 Å². The van der Waals surface area contributed by atoms with Crippen molar-refractivity contribution in [2.45, 2.75) is 46.6 Å². The second-order valence-corrected chi connectivity index (χ2v) is 8.56. The molecule has 6 nitrogen and oxygen atoms in total. The first-order chi connectivity index (χ1) is 14.2. The summed E-state index contributed by atoms with van der Waals surface area (Å²) in [5, 5.41) is 0.913. The van der Waals surface area contributed by atoms with Crippen LogP contribution in [-0.4, -0.2) is 28.4 Å². The van der Waals surface area contributed by atoms with Gasteiger partial charge in [-0.1, -0.05) is 6.07 Å². The molecule has 4 rings (SSSR count). The maximum atomic E-state index is 12.7. The summed E-state index contributed by atoms with van der Waals surface area (Å²) in [5.41, 5.74) is 4.79. The van der Waals surface area contributed by atoms with Crippen molar-refractivity contribution in [1.82, 2.24) is 9.55 Å². The number of benzene rings is 2. The summed E-state index contributed by atoms with van der Waals surface area (Å²) in [7, 11) is 1.64. The molecule has 2 heterocycles. The SMILES string of the molecule is COc1cc(C)c2c(ccn2C(=O)OC(C)(C)C)c1Cc1nc2cc(C)ccc2o1. The highest BCUT2D eigenvalue weighted by atomic mass is 16.6. The third-order valence-electron chi connectivity index (χ3n) is 4.96. The Morgan fingerprint density at radius 1 is 1.17 bits per heavy atom. The van der Waals surface area contributed by atoms with Crippen LogP contribution in [0.4, 0.5) is 4.79 Å². The van der Waals surface area contributed by atoms with Crippen LogP contribution in [0, 0.1) is 13.8 Å². The minimum Gasteiger partial charge on any atom is -0.496 e. The Labute approximate surface area is 175 Å². The normalized spacial score (nSPS) is 11.9. The van der Waals surface area contributed by atoms with Crippen LogP contribution < -0.4 is 4.74 Å². The zero-order valence-corrected chi connectivity index (χ0v) is 18.2. The number of aryl methyl sites for hydroxylation is 2. The van der Waals surface area contributed by atoms with E-state index in [0.717, 1.165) is 44.4 Å². The van der Waals surface area contributed by atoms with Gasteiger partial charge in [0.2, 0.25) is 0 Å². The molecule has 0 radical (unpaired) electrons. The van der Waals surface area contributed by atoms with Crippen LogP contribution in [-0.2, 0) is 11.2 Å². The van der Waals surface area contributed by atoms with E-state index >= 15 is 0 Å². The monoisotopic (exact) mass is 406 g/mol. The van der Waals surface area contributed by atoms with Crippen molar-refractivity contribution in [3.8, 4) is 5.75 Å². The molecular formula is C24H26N2O4. The predicted molar refractivity (Wildman–Crippen MR) is 116 cm³/mol. The van der Waals surface area contributed by atoms with E-state index in [1.807, 2.05) is 65.0 Å². The van der Waals surface area contributed by atoms with Gasteiger partial charge in [0, 0.05) is 17.1 Å². The fourth-order valence-corrected chi connectivity index (χ4v) is 3.70. The lowest BCUT2D eigenvalue weighted by molar-refractivity contribution is 0.0544. The van der Waals surface area contributed by atoms with Gasteiger partial charge in [-0.15, -0.1) is 0 Å². The van der Waals surface area contributed by atoms with Gasteiger partial charge in [0.25, 0.3) is 0 Å². The maximum Gasteiger partial charge on any atom is 0.419 e. The number of nitrogens with zero attached hydrogens (tertiary/aromatic N) is 2. The van der Waals surface area contributed by atoms with E-state index in [4.69, 9.17) is 13.9 Å². The lowest BCUT2D eigenvalue weighted by Gasteiger charge is -2.20. The van der Waals surface area contributed by atoms with E-state index in [9.17, 15) is 4.79 Å². The van der Waals surface area contributed by atoms with Crippen LogP contribution in [0.2, 0.25) is 0 Å². The Morgan fingerprint density at radius 3 is 2.63 bits per heavy atom. The molecule has 0 amide bonds. The molecule has 0 atom stereocenters. The average molecular weight is 406 g/mol. The average Bonchev–Trinajstić information content (AvgIpc) is 3.26. The molecule has 2 aromatic carbocycles. The molecule has 0 saturated heterocycles. The van der Waals surface area contributed by atoms with E-state index < -0.39 is 11.7 Å². The first-order valence-corrected chi connectivity index (χ1v) is 9.93. The van der Waals surface area contributed by atoms with Crippen molar-refractivity contribution in [3.63, 3.8) is 0 Å². The van der Waals surface area contributed by atoms with Gasteiger partial charge in [0.05, 0.1) is 19.0 Å². The lowest BCUT2D eigenvalue weighted by atomic mass is 10.0. The molecule has 4 aromatic rings. The lowest BCUT2D eigenvalue weighted by Crippen LogP contribution is -2.26. The molecule has 0 aliphatic rings. The van der Waals surface area contributed by atoms with Crippen LogP contribution >= 0.6 is 0 Å². The summed E-state index contributed by atoms with van der Waals surface area (Å²) >= 11 is 0. The second kappa shape index (κ2) is 7.20. The number of rotatable bonds is 3. The molecule has 0 saturated carbocycles. The number of oxazole rings is 1. The van der Waals surface area contributed by atoms with Crippen LogP contribution in [0.3, 0.4) is 0 Å². The topological polar surface area (TPSA) is 66.5 Å². The highest BCUT2D eigenvalue weighted by Crippen LogP contribution is 2.34. The van der Waals surface area contributed by atoms with Gasteiger partial charge in [-0.05, 0) is 70.0 Å². The Kier molecular flexibility index (Phi) is 4.80. The number of fused-ring (bicyclic) bond motifs is 2. The molecule has 0 fully saturated rings.